The Kier molecular flexibility index (Phi) is 5.57. The number of hydrogen-bond donors (Lipinski definition) is 2. The van der Waals surface area contributed by atoms with Gasteiger partial charge < -0.3 is 15.3 Å². The molecular weight excluding hydrogens is 276 g/mol. The first-order valence-electron chi connectivity index (χ1n) is 7.50. The van der Waals surface area contributed by atoms with E-state index < -0.39 is 12.0 Å². The van der Waals surface area contributed by atoms with Crippen LogP contribution in [-0.4, -0.2) is 52.1 Å². The standard InChI is InChI=1S/C14H24N2O3S/c1-2-10-5-6-16(12(8-10)13(17)18)14(19)15-9-11-4-3-7-20-11/h10-12H,2-9H2,1H3,(H,15,19)(H,17,18). The van der Waals surface area contributed by atoms with Crippen LogP contribution in [0.4, 0.5) is 4.79 Å². The van der Waals surface area contributed by atoms with Crippen molar-refractivity contribution in [2.45, 2.75) is 50.3 Å². The number of amides is 2. The highest BCUT2D eigenvalue weighted by molar-refractivity contribution is 8.00. The number of nitrogens with one attached hydrogen (secondary N) is 1. The van der Waals surface area contributed by atoms with Crippen LogP contribution in [0.5, 0.6) is 0 Å². The molecule has 0 saturated carbocycles. The molecule has 2 aliphatic rings. The Hall–Kier alpha value is -0.910. The SMILES string of the molecule is CCC1CCN(C(=O)NCC2CCCS2)C(C(=O)O)C1. The number of carboxylic acid groups (broad SMARTS) is 1. The highest BCUT2D eigenvalue weighted by Crippen LogP contribution is 2.27. The summed E-state index contributed by atoms with van der Waals surface area (Å²) in [6, 6.07) is -0.871. The second-order valence-corrected chi connectivity index (χ2v) is 7.08. The average Bonchev–Trinajstić information content (AvgIpc) is 2.97. The van der Waals surface area contributed by atoms with Crippen LogP contribution in [0.15, 0.2) is 0 Å². The number of nitrogens with zero attached hydrogens (tertiary/aromatic N) is 1. The predicted octanol–water partition coefficient (Wildman–Crippen LogP) is 2.17. The van der Waals surface area contributed by atoms with Gasteiger partial charge >= 0.3 is 12.0 Å². The van der Waals surface area contributed by atoms with E-state index >= 15 is 0 Å². The molecule has 114 valence electrons. The molecule has 2 N–H and O–H groups in total. The molecule has 2 heterocycles. The molecule has 2 amide bonds. The summed E-state index contributed by atoms with van der Waals surface area (Å²) in [6.07, 6.45) is 4.83. The monoisotopic (exact) mass is 300 g/mol. The van der Waals surface area contributed by atoms with Crippen LogP contribution in [0.25, 0.3) is 0 Å². The van der Waals surface area contributed by atoms with Crippen molar-refractivity contribution in [1.82, 2.24) is 10.2 Å². The van der Waals surface area contributed by atoms with Crippen molar-refractivity contribution in [3.63, 3.8) is 0 Å². The van der Waals surface area contributed by atoms with Crippen LogP contribution >= 0.6 is 11.8 Å². The number of carbonyl (C=O) groups excluding carboxylic acids is 1. The van der Waals surface area contributed by atoms with Crippen LogP contribution in [-0.2, 0) is 4.79 Å². The van der Waals surface area contributed by atoms with Crippen molar-refractivity contribution in [3.8, 4) is 0 Å². The molecule has 0 aromatic carbocycles. The molecule has 0 aliphatic carbocycles. The van der Waals surface area contributed by atoms with Gasteiger partial charge in [-0.2, -0.15) is 11.8 Å². The molecule has 0 bridgehead atoms. The number of aliphatic carboxylic acids is 1. The molecular formula is C14H24N2O3S. The molecule has 2 fully saturated rings. The third-order valence-electron chi connectivity index (χ3n) is 4.34. The van der Waals surface area contributed by atoms with Gasteiger partial charge in [0.1, 0.15) is 6.04 Å². The van der Waals surface area contributed by atoms with Gasteiger partial charge in [-0.1, -0.05) is 13.3 Å². The molecule has 2 aliphatic heterocycles. The van der Waals surface area contributed by atoms with Crippen molar-refractivity contribution < 1.29 is 14.7 Å². The molecule has 2 rings (SSSR count). The van der Waals surface area contributed by atoms with Gasteiger partial charge in [-0.05, 0) is 37.4 Å². The van der Waals surface area contributed by atoms with Crippen LogP contribution in [0.1, 0.15) is 39.0 Å². The molecule has 5 nitrogen and oxygen atoms in total. The lowest BCUT2D eigenvalue weighted by molar-refractivity contribution is -0.144. The number of urea groups is 1. The maximum absolute atomic E-state index is 12.2. The fourth-order valence-corrected chi connectivity index (χ4v) is 4.20. The Morgan fingerprint density at radius 1 is 1.40 bits per heavy atom. The van der Waals surface area contributed by atoms with Gasteiger partial charge in [0.25, 0.3) is 0 Å². The minimum Gasteiger partial charge on any atom is -0.480 e. The van der Waals surface area contributed by atoms with Crippen molar-refractivity contribution >= 4 is 23.8 Å². The largest absolute Gasteiger partial charge is 0.480 e. The third kappa shape index (κ3) is 3.81. The maximum atomic E-state index is 12.2. The lowest BCUT2D eigenvalue weighted by atomic mass is 9.89. The second-order valence-electron chi connectivity index (χ2n) is 5.67. The van der Waals surface area contributed by atoms with Crippen molar-refractivity contribution in [3.05, 3.63) is 0 Å². The summed E-state index contributed by atoms with van der Waals surface area (Å²) >= 11 is 1.89. The first-order chi connectivity index (χ1) is 9.61. The topological polar surface area (TPSA) is 69.6 Å². The summed E-state index contributed by atoms with van der Waals surface area (Å²) in [5, 5.41) is 12.7. The number of carboxylic acids is 1. The van der Waals surface area contributed by atoms with Gasteiger partial charge in [-0.3, -0.25) is 0 Å². The quantitative estimate of drug-likeness (QED) is 0.835. The number of carbonyl (C=O) groups is 2. The van der Waals surface area contributed by atoms with E-state index in [1.54, 1.807) is 0 Å². The molecule has 0 spiro atoms. The van der Waals surface area contributed by atoms with Gasteiger partial charge in [0.05, 0.1) is 0 Å². The van der Waals surface area contributed by atoms with Crippen LogP contribution < -0.4 is 5.32 Å². The second kappa shape index (κ2) is 7.20. The summed E-state index contributed by atoms with van der Waals surface area (Å²) in [5.41, 5.74) is 0. The van der Waals surface area contributed by atoms with E-state index in [9.17, 15) is 14.7 Å². The van der Waals surface area contributed by atoms with Gasteiger partial charge in [0.2, 0.25) is 0 Å². The van der Waals surface area contributed by atoms with E-state index in [-0.39, 0.29) is 6.03 Å². The lowest BCUT2D eigenvalue weighted by Gasteiger charge is -2.37. The average molecular weight is 300 g/mol. The zero-order valence-electron chi connectivity index (χ0n) is 12.0. The highest BCUT2D eigenvalue weighted by Gasteiger charge is 2.35. The minimum atomic E-state index is -0.881. The summed E-state index contributed by atoms with van der Waals surface area (Å²) in [5.74, 6) is 0.708. The van der Waals surface area contributed by atoms with E-state index in [0.717, 1.165) is 19.3 Å². The van der Waals surface area contributed by atoms with Gasteiger partial charge in [0.15, 0.2) is 0 Å². The van der Waals surface area contributed by atoms with Crippen molar-refractivity contribution in [2.75, 3.05) is 18.8 Å². The summed E-state index contributed by atoms with van der Waals surface area (Å²) in [4.78, 5) is 25.1. The van der Waals surface area contributed by atoms with E-state index in [2.05, 4.69) is 12.2 Å². The number of thioether (sulfide) groups is 1. The molecule has 3 unspecified atom stereocenters. The van der Waals surface area contributed by atoms with E-state index in [0.29, 0.717) is 30.7 Å². The molecule has 20 heavy (non-hydrogen) atoms. The Labute approximate surface area is 124 Å². The summed E-state index contributed by atoms with van der Waals surface area (Å²) < 4.78 is 0. The number of piperidine rings is 1. The lowest BCUT2D eigenvalue weighted by Crippen LogP contribution is -2.54. The normalized spacial score (nSPS) is 30.2. The number of likely N-dealkylation sites (tertiary alicyclic amines) is 1. The molecule has 0 aromatic heterocycles. The number of hydrogen-bond acceptors (Lipinski definition) is 3. The fourth-order valence-electron chi connectivity index (χ4n) is 2.99. The fraction of sp³-hybridized carbons (Fsp3) is 0.857. The smallest absolute Gasteiger partial charge is 0.326 e. The van der Waals surface area contributed by atoms with Gasteiger partial charge in [0, 0.05) is 18.3 Å². The minimum absolute atomic E-state index is 0.209. The van der Waals surface area contributed by atoms with Gasteiger partial charge in [-0.25, -0.2) is 9.59 Å². The summed E-state index contributed by atoms with van der Waals surface area (Å²) in [7, 11) is 0. The van der Waals surface area contributed by atoms with Crippen molar-refractivity contribution in [2.24, 2.45) is 5.92 Å². The van der Waals surface area contributed by atoms with Crippen LogP contribution in [0, 0.1) is 5.92 Å². The van der Waals surface area contributed by atoms with E-state index in [1.807, 2.05) is 11.8 Å². The Morgan fingerprint density at radius 3 is 2.80 bits per heavy atom. The predicted molar refractivity (Wildman–Crippen MR) is 80.0 cm³/mol. The summed E-state index contributed by atoms with van der Waals surface area (Å²) in [6.45, 7) is 3.29. The Morgan fingerprint density at radius 2 is 2.20 bits per heavy atom. The molecule has 3 atom stereocenters. The zero-order chi connectivity index (χ0) is 14.5. The van der Waals surface area contributed by atoms with Crippen LogP contribution in [0.3, 0.4) is 0 Å². The van der Waals surface area contributed by atoms with E-state index in [1.165, 1.54) is 17.1 Å². The molecule has 0 radical (unpaired) electrons. The zero-order valence-corrected chi connectivity index (χ0v) is 12.8. The van der Waals surface area contributed by atoms with Gasteiger partial charge in [-0.15, -0.1) is 0 Å². The first-order valence-corrected chi connectivity index (χ1v) is 8.55. The molecule has 6 heteroatoms. The molecule has 2 saturated heterocycles. The van der Waals surface area contributed by atoms with Crippen LogP contribution in [0.2, 0.25) is 0 Å². The highest BCUT2D eigenvalue weighted by atomic mass is 32.2. The van der Waals surface area contributed by atoms with E-state index in [4.69, 9.17) is 0 Å². The van der Waals surface area contributed by atoms with Crippen molar-refractivity contribution in [1.29, 1.82) is 0 Å². The third-order valence-corrected chi connectivity index (χ3v) is 5.74. The molecule has 0 aromatic rings. The maximum Gasteiger partial charge on any atom is 0.326 e. The Bertz CT molecular complexity index is 358. The first kappa shape index (κ1) is 15.5. The number of rotatable bonds is 4. The Balaban J connectivity index is 1.87.